The molecule has 1 saturated carbocycles. The van der Waals surface area contributed by atoms with Gasteiger partial charge in [-0.25, -0.2) is 8.78 Å². The monoisotopic (exact) mass is 678 g/mol. The quantitative estimate of drug-likeness (QED) is 0.232. The summed E-state index contributed by atoms with van der Waals surface area (Å²) in [6, 6.07) is 10.0. The maximum absolute atomic E-state index is 17.0. The second-order valence-corrected chi connectivity index (χ2v) is 15.2. The molecule has 258 valence electrons. The fourth-order valence-corrected chi connectivity index (χ4v) is 8.96. The molecule has 3 aromatic carbocycles. The Bertz CT molecular complexity index is 2070. The third-order valence-electron chi connectivity index (χ3n) is 12.0. The van der Waals surface area contributed by atoms with Gasteiger partial charge >= 0.3 is 6.01 Å². The van der Waals surface area contributed by atoms with Gasteiger partial charge < -0.3 is 30.3 Å². The second-order valence-electron chi connectivity index (χ2n) is 15.2. The van der Waals surface area contributed by atoms with Gasteiger partial charge in [-0.15, -0.1) is 6.42 Å². The first-order chi connectivity index (χ1) is 24.2. The largest absolute Gasteiger partial charge is 0.508 e. The Labute approximate surface area is 289 Å². The Morgan fingerprint density at radius 1 is 1.04 bits per heavy atom. The molecule has 3 N–H and O–H groups in total. The number of fused-ring (bicyclic) bond motifs is 4. The van der Waals surface area contributed by atoms with Crippen molar-refractivity contribution in [2.45, 2.75) is 57.0 Å². The van der Waals surface area contributed by atoms with E-state index < -0.39 is 11.6 Å². The number of piperazine rings is 1. The number of terminal acetylenes is 1. The van der Waals surface area contributed by atoms with E-state index in [1.54, 1.807) is 18.2 Å². The van der Waals surface area contributed by atoms with E-state index in [2.05, 4.69) is 31.3 Å². The van der Waals surface area contributed by atoms with Crippen LogP contribution in [0.4, 0.5) is 14.6 Å². The highest BCUT2D eigenvalue weighted by molar-refractivity contribution is 6.04. The lowest BCUT2D eigenvalue weighted by molar-refractivity contribution is -0.130. The van der Waals surface area contributed by atoms with Crippen molar-refractivity contribution in [1.82, 2.24) is 25.5 Å². The number of hydrogen-bond donors (Lipinski definition) is 3. The van der Waals surface area contributed by atoms with Gasteiger partial charge in [-0.3, -0.25) is 4.79 Å². The second kappa shape index (κ2) is 11.8. The zero-order valence-electron chi connectivity index (χ0n) is 27.9. The van der Waals surface area contributed by atoms with Crippen LogP contribution in [-0.4, -0.2) is 83.8 Å². The zero-order chi connectivity index (χ0) is 34.2. The molecule has 5 fully saturated rings. The van der Waals surface area contributed by atoms with E-state index in [1.165, 1.54) is 18.2 Å². The maximum Gasteiger partial charge on any atom is 0.319 e. The number of halogens is 2. The molecule has 4 saturated heterocycles. The number of aromatic nitrogens is 2. The Hall–Kier alpha value is -4.53. The molecule has 1 aliphatic carbocycles. The van der Waals surface area contributed by atoms with E-state index in [-0.39, 0.29) is 62.6 Å². The minimum atomic E-state index is -0.857. The number of phenols is 1. The van der Waals surface area contributed by atoms with Gasteiger partial charge in [-0.2, -0.15) is 9.97 Å². The number of carbonyl (C=O) groups excluding carboxylic acids is 1. The van der Waals surface area contributed by atoms with E-state index >= 15 is 8.78 Å². The smallest absolute Gasteiger partial charge is 0.319 e. The average Bonchev–Trinajstić information content (AvgIpc) is 3.67. The molecular formula is C39H40F2N6O3. The standard InChI is InChI=1S/C39H40F2N6O3/c1-2-23-4-3-5-24-16-27(48)17-28(31(23)24)32-30(40)18-29-34(33(32)41)44-37(45-35(29)47-19-25-6-7-26(20-47)43-25)50-22-38(8-9-38)21-46-14-11-39(12-15-46)10-13-42-36(39)49/h1,3-5,16-18,25-26,43,48H,6-15,19-22H2,(H,42,49). The van der Waals surface area contributed by atoms with Crippen molar-refractivity contribution in [1.29, 1.82) is 0 Å². The molecule has 1 aromatic heterocycles. The van der Waals surface area contributed by atoms with Gasteiger partial charge in [-0.05, 0) is 87.7 Å². The Kier molecular flexibility index (Phi) is 7.41. The van der Waals surface area contributed by atoms with E-state index in [0.717, 1.165) is 71.1 Å². The number of hydrogen-bond acceptors (Lipinski definition) is 8. The Morgan fingerprint density at radius 3 is 2.52 bits per heavy atom. The summed E-state index contributed by atoms with van der Waals surface area (Å²) >= 11 is 0. The van der Waals surface area contributed by atoms with Crippen molar-refractivity contribution >= 4 is 33.4 Å². The highest BCUT2D eigenvalue weighted by atomic mass is 19.1. The number of rotatable bonds is 7. The minimum Gasteiger partial charge on any atom is -0.508 e. The summed E-state index contributed by atoms with van der Waals surface area (Å²) in [6.07, 6.45) is 12.5. The molecular weight excluding hydrogens is 638 g/mol. The Balaban J connectivity index is 1.07. The zero-order valence-corrected chi connectivity index (χ0v) is 27.9. The lowest BCUT2D eigenvalue weighted by Crippen LogP contribution is -2.51. The van der Waals surface area contributed by atoms with Gasteiger partial charge in [0, 0.05) is 65.6 Å². The first kappa shape index (κ1) is 31.5. The van der Waals surface area contributed by atoms with Crippen LogP contribution in [0, 0.1) is 34.8 Å². The number of ether oxygens (including phenoxy) is 1. The first-order valence-corrected chi connectivity index (χ1v) is 17.8. The summed E-state index contributed by atoms with van der Waals surface area (Å²) in [5, 5.41) is 18.6. The molecule has 1 amide bonds. The summed E-state index contributed by atoms with van der Waals surface area (Å²) in [4.78, 5) is 26.5. The number of aromatic hydroxyl groups is 1. The molecule has 2 atom stereocenters. The lowest BCUT2D eigenvalue weighted by atomic mass is 9.77. The number of benzene rings is 3. The third-order valence-corrected chi connectivity index (χ3v) is 12.0. The summed E-state index contributed by atoms with van der Waals surface area (Å²) in [6.45, 7) is 5.08. The van der Waals surface area contributed by atoms with Crippen molar-refractivity contribution in [3.8, 4) is 35.2 Å². The predicted octanol–water partition coefficient (Wildman–Crippen LogP) is 5.12. The number of carbonyl (C=O) groups is 1. The van der Waals surface area contributed by atoms with Crippen LogP contribution < -0.4 is 20.3 Å². The number of anilines is 1. The molecule has 4 aromatic rings. The molecule has 1 spiro atoms. The molecule has 5 heterocycles. The number of phenolic OH excluding ortho intramolecular Hbond substituents is 1. The molecule has 9 nitrogen and oxygen atoms in total. The van der Waals surface area contributed by atoms with Crippen LogP contribution in [0.2, 0.25) is 0 Å². The Morgan fingerprint density at radius 2 is 1.82 bits per heavy atom. The fraction of sp³-hybridized carbons (Fsp3) is 0.462. The highest BCUT2D eigenvalue weighted by Crippen LogP contribution is 2.48. The number of piperidine rings is 1. The van der Waals surface area contributed by atoms with Crippen LogP contribution >= 0.6 is 0 Å². The summed E-state index contributed by atoms with van der Waals surface area (Å²) in [5.41, 5.74) is -0.00229. The van der Waals surface area contributed by atoms with Gasteiger partial charge in [0.1, 0.15) is 22.9 Å². The first-order valence-electron chi connectivity index (χ1n) is 17.8. The highest BCUT2D eigenvalue weighted by Gasteiger charge is 2.49. The van der Waals surface area contributed by atoms with Gasteiger partial charge in [-0.1, -0.05) is 18.1 Å². The normalized spacial score (nSPS) is 23.8. The van der Waals surface area contributed by atoms with Gasteiger partial charge in [0.15, 0.2) is 5.82 Å². The third kappa shape index (κ3) is 5.31. The number of nitrogens with zero attached hydrogens (tertiary/aromatic N) is 4. The van der Waals surface area contributed by atoms with Crippen molar-refractivity contribution in [2.24, 2.45) is 10.8 Å². The van der Waals surface area contributed by atoms with E-state index in [9.17, 15) is 9.90 Å². The van der Waals surface area contributed by atoms with Gasteiger partial charge in [0.05, 0.1) is 17.6 Å². The topological polar surface area (TPSA) is 103 Å². The van der Waals surface area contributed by atoms with E-state index in [4.69, 9.17) is 16.1 Å². The lowest BCUT2D eigenvalue weighted by Gasteiger charge is -2.38. The number of amides is 1. The van der Waals surface area contributed by atoms with E-state index in [0.29, 0.717) is 41.9 Å². The molecule has 9 rings (SSSR count). The van der Waals surface area contributed by atoms with E-state index in [1.807, 2.05) is 0 Å². The number of nitrogens with one attached hydrogen (secondary N) is 2. The van der Waals surface area contributed by atoms with Crippen LogP contribution in [-0.2, 0) is 4.79 Å². The maximum atomic E-state index is 17.0. The van der Waals surface area contributed by atoms with Crippen molar-refractivity contribution in [3.05, 3.63) is 53.6 Å². The SMILES string of the molecule is C#Cc1cccc2cc(O)cc(-c3c(F)cc4c(N5CC6CCC(C5)N6)nc(OCC5(CN6CCC7(CCNC7=O)CC6)CC5)nc4c3F)c12. The van der Waals surface area contributed by atoms with Crippen LogP contribution in [0.15, 0.2) is 36.4 Å². The molecule has 11 heteroatoms. The average molecular weight is 679 g/mol. The van der Waals surface area contributed by atoms with Crippen molar-refractivity contribution in [3.63, 3.8) is 0 Å². The predicted molar refractivity (Wildman–Crippen MR) is 187 cm³/mol. The number of likely N-dealkylation sites (tertiary alicyclic amines) is 1. The van der Waals surface area contributed by atoms with Crippen LogP contribution in [0.3, 0.4) is 0 Å². The van der Waals surface area contributed by atoms with Gasteiger partial charge in [0.2, 0.25) is 5.91 Å². The molecule has 0 radical (unpaired) electrons. The van der Waals surface area contributed by atoms with Crippen molar-refractivity contribution in [2.75, 3.05) is 50.8 Å². The van der Waals surface area contributed by atoms with Crippen LogP contribution in [0.5, 0.6) is 11.8 Å². The molecule has 2 bridgehead atoms. The van der Waals surface area contributed by atoms with Crippen molar-refractivity contribution < 1.29 is 23.4 Å². The van der Waals surface area contributed by atoms with Gasteiger partial charge in [0.25, 0.3) is 0 Å². The molecule has 5 aliphatic rings. The summed E-state index contributed by atoms with van der Waals surface area (Å²) < 4.78 is 39.6. The molecule has 4 aliphatic heterocycles. The van der Waals surface area contributed by atoms with Crippen LogP contribution in [0.25, 0.3) is 32.8 Å². The van der Waals surface area contributed by atoms with Crippen LogP contribution in [0.1, 0.15) is 50.5 Å². The molecule has 2 unspecified atom stereocenters. The molecule has 50 heavy (non-hydrogen) atoms. The fourth-order valence-electron chi connectivity index (χ4n) is 8.96. The summed E-state index contributed by atoms with van der Waals surface area (Å²) in [5.74, 6) is 1.51. The minimum absolute atomic E-state index is 0.0389. The summed E-state index contributed by atoms with van der Waals surface area (Å²) in [7, 11) is 0.